The van der Waals surface area contributed by atoms with E-state index < -0.39 is 39.6 Å². The van der Waals surface area contributed by atoms with Crippen LogP contribution in [0.25, 0.3) is 0 Å². The van der Waals surface area contributed by atoms with E-state index in [2.05, 4.69) is 4.99 Å². The minimum atomic E-state index is -1.62. The monoisotopic (exact) mass is 317 g/mol. The van der Waals surface area contributed by atoms with Crippen molar-refractivity contribution in [1.29, 1.82) is 0 Å². The number of aliphatic imine (C=N–C) groups is 1. The molecule has 9 heteroatoms. The molecule has 1 aliphatic carbocycles. The number of rotatable bonds is 3. The molecule has 1 aliphatic heterocycles. The number of amidine groups is 1. The Balaban J connectivity index is 2.22. The number of hydrogen-bond donors (Lipinski definition) is 1. The van der Waals surface area contributed by atoms with Crippen LogP contribution < -0.4 is 5.73 Å². The maximum absolute atomic E-state index is 14.3. The summed E-state index contributed by atoms with van der Waals surface area (Å²) in [6.07, 6.45) is 0.101. The molecule has 0 spiro atoms. The van der Waals surface area contributed by atoms with E-state index in [4.69, 9.17) is 22.1 Å². The molecule has 3 atom stereocenters. The van der Waals surface area contributed by atoms with Crippen LogP contribution in [0.15, 0.2) is 17.1 Å². The molecule has 3 rings (SSSR count). The van der Waals surface area contributed by atoms with Crippen molar-refractivity contribution >= 4 is 23.3 Å². The van der Waals surface area contributed by atoms with Gasteiger partial charge in [-0.3, -0.25) is 10.1 Å². The summed E-state index contributed by atoms with van der Waals surface area (Å²) < 4.78 is 33.2. The third kappa shape index (κ3) is 2.01. The standard InChI is InChI=1S/C12H10ClF2N3O3/c13-8-2-5(18(19)20)1-7(10(8)15)12(4-14)6-3-9(6)21-11(16)17-12/h1-2,6,9H,3-4H2,(H2,16,17)/t6-,9?,12-/m0/s1. The Morgan fingerprint density at radius 1 is 1.62 bits per heavy atom. The number of ether oxygens (including phenoxy) is 1. The molecule has 1 aromatic rings. The van der Waals surface area contributed by atoms with Gasteiger partial charge in [0, 0.05) is 23.6 Å². The summed E-state index contributed by atoms with van der Waals surface area (Å²) in [4.78, 5) is 14.1. The van der Waals surface area contributed by atoms with Crippen molar-refractivity contribution in [1.82, 2.24) is 0 Å². The highest BCUT2D eigenvalue weighted by Gasteiger charge is 2.60. The molecule has 1 fully saturated rings. The lowest BCUT2D eigenvalue weighted by atomic mass is 9.85. The van der Waals surface area contributed by atoms with E-state index in [1.54, 1.807) is 0 Å². The zero-order valence-electron chi connectivity index (χ0n) is 10.6. The fraction of sp³-hybridized carbons (Fsp3) is 0.417. The molecule has 0 amide bonds. The molecule has 2 N–H and O–H groups in total. The van der Waals surface area contributed by atoms with E-state index >= 15 is 0 Å². The topological polar surface area (TPSA) is 90.8 Å². The fourth-order valence-electron chi connectivity index (χ4n) is 2.72. The lowest BCUT2D eigenvalue weighted by molar-refractivity contribution is -0.385. The van der Waals surface area contributed by atoms with E-state index in [-0.39, 0.29) is 17.7 Å². The van der Waals surface area contributed by atoms with Gasteiger partial charge in [0.1, 0.15) is 24.1 Å². The van der Waals surface area contributed by atoms with Gasteiger partial charge in [-0.25, -0.2) is 13.8 Å². The Morgan fingerprint density at radius 3 is 2.95 bits per heavy atom. The van der Waals surface area contributed by atoms with E-state index in [9.17, 15) is 18.9 Å². The van der Waals surface area contributed by atoms with Crippen molar-refractivity contribution in [3.63, 3.8) is 0 Å². The second-order valence-corrected chi connectivity index (χ2v) is 5.46. The zero-order valence-corrected chi connectivity index (χ0v) is 11.3. The highest BCUT2D eigenvalue weighted by molar-refractivity contribution is 6.31. The maximum atomic E-state index is 14.3. The lowest BCUT2D eigenvalue weighted by Crippen LogP contribution is -2.39. The first-order chi connectivity index (χ1) is 9.89. The van der Waals surface area contributed by atoms with Crippen LogP contribution in [-0.2, 0) is 10.3 Å². The number of alkyl halides is 1. The predicted octanol–water partition coefficient (Wildman–Crippen LogP) is 2.29. The van der Waals surface area contributed by atoms with Crippen molar-refractivity contribution < 1.29 is 18.4 Å². The average Bonchev–Trinajstić information content (AvgIpc) is 3.19. The van der Waals surface area contributed by atoms with Gasteiger partial charge in [0.2, 0.25) is 0 Å². The number of benzene rings is 1. The predicted molar refractivity (Wildman–Crippen MR) is 70.3 cm³/mol. The normalized spacial score (nSPS) is 30.1. The van der Waals surface area contributed by atoms with Gasteiger partial charge >= 0.3 is 0 Å². The van der Waals surface area contributed by atoms with Gasteiger partial charge in [-0.05, 0) is 6.42 Å². The van der Waals surface area contributed by atoms with E-state index in [0.29, 0.717) is 6.42 Å². The molecule has 0 saturated heterocycles. The molecule has 1 unspecified atom stereocenters. The van der Waals surface area contributed by atoms with Crippen LogP contribution in [0, 0.1) is 21.8 Å². The van der Waals surface area contributed by atoms with Crippen LogP contribution in [0.3, 0.4) is 0 Å². The first-order valence-corrected chi connectivity index (χ1v) is 6.48. The third-order valence-electron chi connectivity index (χ3n) is 3.82. The molecule has 1 aromatic carbocycles. The molecule has 6 nitrogen and oxygen atoms in total. The van der Waals surface area contributed by atoms with Gasteiger partial charge in [-0.15, -0.1) is 0 Å². The van der Waals surface area contributed by atoms with Crippen LogP contribution in [0.4, 0.5) is 14.5 Å². The largest absolute Gasteiger partial charge is 0.462 e. The van der Waals surface area contributed by atoms with E-state index in [1.165, 1.54) is 0 Å². The van der Waals surface area contributed by atoms with Gasteiger partial charge in [0.15, 0.2) is 0 Å². The Kier molecular flexibility index (Phi) is 3.01. The maximum Gasteiger partial charge on any atom is 0.283 e. The van der Waals surface area contributed by atoms with Gasteiger partial charge in [-0.1, -0.05) is 11.6 Å². The van der Waals surface area contributed by atoms with Gasteiger partial charge < -0.3 is 10.5 Å². The SMILES string of the molecule is NC1=N[C@](CF)(c2cc([N+](=O)[O-])cc(Cl)c2F)[C@H]2CC2O1. The summed E-state index contributed by atoms with van der Waals surface area (Å²) in [7, 11) is 0. The summed E-state index contributed by atoms with van der Waals surface area (Å²) >= 11 is 5.69. The molecule has 21 heavy (non-hydrogen) atoms. The highest BCUT2D eigenvalue weighted by atomic mass is 35.5. The van der Waals surface area contributed by atoms with Gasteiger partial charge in [0.25, 0.3) is 11.7 Å². The summed E-state index contributed by atoms with van der Waals surface area (Å²) in [6.45, 7) is -1.05. The van der Waals surface area contributed by atoms with Crippen molar-refractivity contribution in [3.8, 4) is 0 Å². The first-order valence-electron chi connectivity index (χ1n) is 6.11. The quantitative estimate of drug-likeness (QED) is 0.684. The molecular formula is C12H10ClF2N3O3. The number of nitro benzene ring substituents is 1. The van der Waals surface area contributed by atoms with Gasteiger partial charge in [0.05, 0.1) is 9.95 Å². The summed E-state index contributed by atoms with van der Waals surface area (Å²) in [6, 6.07) is 1.58. The number of fused-ring (bicyclic) bond motifs is 1. The summed E-state index contributed by atoms with van der Waals surface area (Å²) in [5.41, 5.74) is 3.19. The number of nitrogens with zero attached hydrogens (tertiary/aromatic N) is 2. The molecule has 1 saturated carbocycles. The number of hydrogen-bond acceptors (Lipinski definition) is 5. The molecule has 2 aliphatic rings. The van der Waals surface area contributed by atoms with Gasteiger partial charge in [-0.2, -0.15) is 0 Å². The van der Waals surface area contributed by atoms with Crippen molar-refractivity contribution in [2.75, 3.05) is 6.67 Å². The number of nitrogens with two attached hydrogens (primary N) is 1. The molecule has 0 radical (unpaired) electrons. The molecule has 1 heterocycles. The van der Waals surface area contributed by atoms with Crippen LogP contribution in [-0.4, -0.2) is 23.7 Å². The van der Waals surface area contributed by atoms with Crippen LogP contribution in [0.1, 0.15) is 12.0 Å². The molecular weight excluding hydrogens is 308 g/mol. The molecule has 0 bridgehead atoms. The Hall–Kier alpha value is -1.96. The summed E-state index contributed by atoms with van der Waals surface area (Å²) in [5.74, 6) is -1.34. The number of non-ortho nitro benzene ring substituents is 1. The average molecular weight is 318 g/mol. The molecule has 112 valence electrons. The van der Waals surface area contributed by atoms with E-state index in [0.717, 1.165) is 12.1 Å². The van der Waals surface area contributed by atoms with Crippen molar-refractivity contribution in [2.24, 2.45) is 16.6 Å². The first kappa shape index (κ1) is 14.0. The van der Waals surface area contributed by atoms with Crippen molar-refractivity contribution in [3.05, 3.63) is 38.7 Å². The van der Waals surface area contributed by atoms with Crippen molar-refractivity contribution in [2.45, 2.75) is 18.1 Å². The van der Waals surface area contributed by atoms with Crippen LogP contribution >= 0.6 is 11.6 Å². The number of nitro groups is 1. The van der Waals surface area contributed by atoms with E-state index in [1.807, 2.05) is 0 Å². The second-order valence-electron chi connectivity index (χ2n) is 5.05. The second kappa shape index (κ2) is 4.52. The minimum absolute atomic E-state index is 0.256. The molecule has 0 aromatic heterocycles. The third-order valence-corrected chi connectivity index (χ3v) is 4.10. The Labute approximate surface area is 122 Å². The zero-order chi connectivity index (χ0) is 15.4. The minimum Gasteiger partial charge on any atom is -0.462 e. The smallest absolute Gasteiger partial charge is 0.283 e. The Morgan fingerprint density at radius 2 is 2.33 bits per heavy atom. The Bertz CT molecular complexity index is 669. The van der Waals surface area contributed by atoms with Crippen LogP contribution in [0.2, 0.25) is 5.02 Å². The van der Waals surface area contributed by atoms with Crippen LogP contribution in [0.5, 0.6) is 0 Å². The highest BCUT2D eigenvalue weighted by Crippen LogP contribution is 2.54. The summed E-state index contributed by atoms with van der Waals surface area (Å²) in [5, 5.41) is 10.4. The fourth-order valence-corrected chi connectivity index (χ4v) is 2.94. The lowest BCUT2D eigenvalue weighted by Gasteiger charge is -2.31. The number of halogens is 3.